The van der Waals surface area contributed by atoms with Crippen molar-refractivity contribution in [3.05, 3.63) is 60.2 Å². The van der Waals surface area contributed by atoms with Crippen molar-refractivity contribution in [2.45, 2.75) is 38.0 Å². The van der Waals surface area contributed by atoms with Crippen LogP contribution in [0.5, 0.6) is 0 Å². The number of carbonyl (C=O) groups excluding carboxylic acids is 1. The van der Waals surface area contributed by atoms with Gasteiger partial charge in [-0.1, -0.05) is 0 Å². The summed E-state index contributed by atoms with van der Waals surface area (Å²) in [4.78, 5) is 16.2. The summed E-state index contributed by atoms with van der Waals surface area (Å²) in [6.07, 6.45) is 8.63. The van der Waals surface area contributed by atoms with Crippen LogP contribution in [0.25, 0.3) is 0 Å². The van der Waals surface area contributed by atoms with Crippen LogP contribution in [0.15, 0.2) is 48.8 Å². The van der Waals surface area contributed by atoms with Crippen LogP contribution in [0.2, 0.25) is 0 Å². The summed E-state index contributed by atoms with van der Waals surface area (Å²) < 4.78 is 12.9. The first-order valence-electron chi connectivity index (χ1n) is 8.16. The summed E-state index contributed by atoms with van der Waals surface area (Å²) in [6.45, 7) is 0. The van der Waals surface area contributed by atoms with Gasteiger partial charge in [-0.05, 0) is 79.5 Å². The number of aromatic nitrogens is 1. The molecule has 23 heavy (non-hydrogen) atoms. The third-order valence-corrected chi connectivity index (χ3v) is 4.63. The van der Waals surface area contributed by atoms with Gasteiger partial charge in [-0.2, -0.15) is 0 Å². The number of nitrogens with one attached hydrogen (secondary N) is 1. The summed E-state index contributed by atoms with van der Waals surface area (Å²) in [6, 6.07) is 10.1. The number of hydrogen-bond acceptors (Lipinski definition) is 2. The van der Waals surface area contributed by atoms with Gasteiger partial charge in [0.1, 0.15) is 5.82 Å². The zero-order chi connectivity index (χ0) is 16.1. The number of pyridine rings is 1. The van der Waals surface area contributed by atoms with Gasteiger partial charge in [-0.25, -0.2) is 4.39 Å². The third kappa shape index (κ3) is 4.38. The quantitative estimate of drug-likeness (QED) is 0.901. The second-order valence-corrected chi connectivity index (χ2v) is 6.26. The maximum atomic E-state index is 12.9. The van der Waals surface area contributed by atoms with Crippen LogP contribution in [0.3, 0.4) is 0 Å². The van der Waals surface area contributed by atoms with E-state index in [4.69, 9.17) is 0 Å². The molecule has 0 aliphatic heterocycles. The third-order valence-electron chi connectivity index (χ3n) is 4.63. The lowest BCUT2D eigenvalue weighted by Gasteiger charge is -2.28. The largest absolute Gasteiger partial charge is 0.326 e. The van der Waals surface area contributed by atoms with Crippen LogP contribution >= 0.6 is 0 Å². The van der Waals surface area contributed by atoms with Gasteiger partial charge in [-0.15, -0.1) is 0 Å². The lowest BCUT2D eigenvalue weighted by atomic mass is 9.78. The number of carbonyl (C=O) groups is 1. The minimum atomic E-state index is -0.294. The van der Waals surface area contributed by atoms with E-state index in [-0.39, 0.29) is 11.7 Å². The Morgan fingerprint density at radius 3 is 2.35 bits per heavy atom. The number of halogens is 1. The first-order chi connectivity index (χ1) is 11.2. The number of rotatable bonds is 4. The van der Waals surface area contributed by atoms with Gasteiger partial charge in [0.2, 0.25) is 5.91 Å². The van der Waals surface area contributed by atoms with Crippen LogP contribution in [0.4, 0.5) is 10.1 Å². The minimum Gasteiger partial charge on any atom is -0.326 e. The Labute approximate surface area is 135 Å². The van der Waals surface area contributed by atoms with E-state index in [1.165, 1.54) is 17.7 Å². The van der Waals surface area contributed by atoms with Crippen molar-refractivity contribution in [2.24, 2.45) is 5.92 Å². The molecule has 0 radical (unpaired) electrons. The number of anilines is 1. The maximum Gasteiger partial charge on any atom is 0.224 e. The molecule has 4 heteroatoms. The van der Waals surface area contributed by atoms with Crippen LogP contribution < -0.4 is 5.32 Å². The number of benzene rings is 1. The molecule has 1 aliphatic rings. The second-order valence-electron chi connectivity index (χ2n) is 6.26. The van der Waals surface area contributed by atoms with E-state index >= 15 is 0 Å². The van der Waals surface area contributed by atoms with Crippen molar-refractivity contribution >= 4 is 11.6 Å². The molecule has 0 spiro atoms. The number of nitrogens with zero attached hydrogens (tertiary/aromatic N) is 1. The fourth-order valence-electron chi connectivity index (χ4n) is 3.34. The van der Waals surface area contributed by atoms with Crippen LogP contribution in [0.1, 0.15) is 43.6 Å². The van der Waals surface area contributed by atoms with Gasteiger partial charge in [0, 0.05) is 24.5 Å². The lowest BCUT2D eigenvalue weighted by molar-refractivity contribution is -0.117. The Morgan fingerprint density at radius 1 is 1.04 bits per heavy atom. The normalized spacial score (nSPS) is 20.9. The van der Waals surface area contributed by atoms with Gasteiger partial charge in [0.05, 0.1) is 0 Å². The minimum absolute atomic E-state index is 0.0176. The Morgan fingerprint density at radius 2 is 1.70 bits per heavy atom. The lowest BCUT2D eigenvalue weighted by Crippen LogP contribution is -2.20. The van der Waals surface area contributed by atoms with Crippen molar-refractivity contribution in [1.82, 2.24) is 4.98 Å². The molecule has 1 aromatic heterocycles. The van der Waals surface area contributed by atoms with Gasteiger partial charge < -0.3 is 5.32 Å². The standard InChI is InChI=1S/C19H21FN2O/c20-17-5-7-18(8-6-17)22-19(23)13-14-1-3-15(4-2-14)16-9-11-21-12-10-16/h5-12,14-15H,1-4,13H2,(H,22,23)/t14-,15-. The second kappa shape index (κ2) is 7.36. The van der Waals surface area contributed by atoms with Crippen molar-refractivity contribution in [1.29, 1.82) is 0 Å². The molecule has 1 fully saturated rings. The highest BCUT2D eigenvalue weighted by Crippen LogP contribution is 2.36. The van der Waals surface area contributed by atoms with E-state index in [1.54, 1.807) is 12.1 Å². The molecule has 3 nitrogen and oxygen atoms in total. The molecule has 120 valence electrons. The zero-order valence-corrected chi connectivity index (χ0v) is 13.0. The molecule has 0 saturated heterocycles. The van der Waals surface area contributed by atoms with Crippen LogP contribution in [0, 0.1) is 11.7 Å². The van der Waals surface area contributed by atoms with E-state index in [0.717, 1.165) is 25.7 Å². The van der Waals surface area contributed by atoms with Gasteiger partial charge in [0.15, 0.2) is 0 Å². The summed E-state index contributed by atoms with van der Waals surface area (Å²) in [5.74, 6) is 0.754. The predicted octanol–water partition coefficient (Wildman–Crippen LogP) is 4.52. The fourth-order valence-corrected chi connectivity index (χ4v) is 3.34. The summed E-state index contributed by atoms with van der Waals surface area (Å²) in [5.41, 5.74) is 2.01. The highest BCUT2D eigenvalue weighted by molar-refractivity contribution is 5.90. The predicted molar refractivity (Wildman–Crippen MR) is 88.6 cm³/mol. The monoisotopic (exact) mass is 312 g/mol. The van der Waals surface area contributed by atoms with Gasteiger partial charge in [0.25, 0.3) is 0 Å². The average molecular weight is 312 g/mol. The van der Waals surface area contributed by atoms with Crippen LogP contribution in [-0.2, 0) is 4.79 Å². The smallest absolute Gasteiger partial charge is 0.224 e. The molecular weight excluding hydrogens is 291 g/mol. The molecule has 1 heterocycles. The van der Waals surface area contributed by atoms with E-state index < -0.39 is 0 Å². The molecule has 1 amide bonds. The van der Waals surface area contributed by atoms with Gasteiger partial charge in [-0.3, -0.25) is 9.78 Å². The van der Waals surface area contributed by atoms with E-state index in [1.807, 2.05) is 12.4 Å². The zero-order valence-electron chi connectivity index (χ0n) is 13.0. The molecular formula is C19H21FN2O. The Kier molecular flexibility index (Phi) is 5.01. The summed E-state index contributed by atoms with van der Waals surface area (Å²) in [7, 11) is 0. The molecule has 1 N–H and O–H groups in total. The van der Waals surface area contributed by atoms with Crippen molar-refractivity contribution in [3.63, 3.8) is 0 Å². The van der Waals surface area contributed by atoms with E-state index in [9.17, 15) is 9.18 Å². The summed E-state index contributed by atoms with van der Waals surface area (Å²) in [5, 5.41) is 2.85. The molecule has 2 aromatic rings. The summed E-state index contributed by atoms with van der Waals surface area (Å²) >= 11 is 0. The molecule has 3 rings (SSSR count). The molecule has 0 atom stereocenters. The molecule has 1 saturated carbocycles. The van der Waals surface area contributed by atoms with Crippen molar-refractivity contribution in [3.8, 4) is 0 Å². The Balaban J connectivity index is 1.47. The Hall–Kier alpha value is -2.23. The molecule has 0 unspecified atom stereocenters. The maximum absolute atomic E-state index is 12.9. The first kappa shape index (κ1) is 15.7. The van der Waals surface area contributed by atoms with Gasteiger partial charge >= 0.3 is 0 Å². The van der Waals surface area contributed by atoms with Crippen molar-refractivity contribution < 1.29 is 9.18 Å². The number of hydrogen-bond donors (Lipinski definition) is 1. The molecule has 1 aromatic carbocycles. The first-order valence-corrected chi connectivity index (χ1v) is 8.16. The molecule has 1 aliphatic carbocycles. The highest BCUT2D eigenvalue weighted by Gasteiger charge is 2.24. The van der Waals surface area contributed by atoms with E-state index in [2.05, 4.69) is 22.4 Å². The highest BCUT2D eigenvalue weighted by atomic mass is 19.1. The van der Waals surface area contributed by atoms with E-state index in [0.29, 0.717) is 23.9 Å². The fraction of sp³-hybridized carbons (Fsp3) is 0.368. The topological polar surface area (TPSA) is 42.0 Å². The Bertz CT molecular complexity index is 634. The number of amides is 1. The SMILES string of the molecule is O=C(C[C@H]1CC[C@H](c2ccncc2)CC1)Nc1ccc(F)cc1. The van der Waals surface area contributed by atoms with Crippen molar-refractivity contribution in [2.75, 3.05) is 5.32 Å². The van der Waals surface area contributed by atoms with Crippen LogP contribution in [-0.4, -0.2) is 10.9 Å². The molecule has 0 bridgehead atoms. The average Bonchev–Trinajstić information content (AvgIpc) is 2.58.